The van der Waals surface area contributed by atoms with Crippen LogP contribution in [0.15, 0.2) is 12.3 Å². The summed E-state index contributed by atoms with van der Waals surface area (Å²) in [4.78, 5) is 24.1. The molecule has 7 nitrogen and oxygen atoms in total. The fourth-order valence-corrected chi connectivity index (χ4v) is 1.74. The van der Waals surface area contributed by atoms with Gasteiger partial charge in [-0.2, -0.15) is 5.10 Å². The molecule has 98 valence electrons. The summed E-state index contributed by atoms with van der Waals surface area (Å²) in [6, 6.07) is 1.61. The normalized spacial score (nSPS) is 15.7. The maximum absolute atomic E-state index is 12.0. The SMILES string of the molecule is O=C(O)CCn1ccc(C(=O)N2CCOCC2)n1. The van der Waals surface area contributed by atoms with Gasteiger partial charge in [0, 0.05) is 19.3 Å². The Morgan fingerprint density at radius 3 is 2.78 bits per heavy atom. The van der Waals surface area contributed by atoms with Gasteiger partial charge in [-0.25, -0.2) is 0 Å². The molecule has 0 atom stereocenters. The number of nitrogens with zero attached hydrogens (tertiary/aromatic N) is 3. The Kier molecular flexibility index (Phi) is 3.93. The van der Waals surface area contributed by atoms with Crippen molar-refractivity contribution in [3.8, 4) is 0 Å². The molecule has 2 heterocycles. The molecule has 0 bridgehead atoms. The number of amides is 1. The molecule has 1 aromatic rings. The van der Waals surface area contributed by atoms with Gasteiger partial charge in [-0.15, -0.1) is 0 Å². The number of hydrogen-bond acceptors (Lipinski definition) is 4. The Hall–Kier alpha value is -1.89. The molecule has 0 saturated carbocycles. The van der Waals surface area contributed by atoms with Crippen LogP contribution in [0, 0.1) is 0 Å². The van der Waals surface area contributed by atoms with Crippen LogP contribution < -0.4 is 0 Å². The molecule has 18 heavy (non-hydrogen) atoms. The van der Waals surface area contributed by atoms with Gasteiger partial charge in [-0.05, 0) is 6.07 Å². The first-order chi connectivity index (χ1) is 8.66. The van der Waals surface area contributed by atoms with Gasteiger partial charge in [0.05, 0.1) is 26.2 Å². The third kappa shape index (κ3) is 3.07. The van der Waals surface area contributed by atoms with Crippen molar-refractivity contribution in [2.24, 2.45) is 0 Å². The third-order valence-corrected chi connectivity index (χ3v) is 2.71. The molecule has 2 rings (SSSR count). The Morgan fingerprint density at radius 2 is 2.11 bits per heavy atom. The molecule has 7 heteroatoms. The largest absolute Gasteiger partial charge is 0.481 e. The quantitative estimate of drug-likeness (QED) is 0.805. The molecule has 0 unspecified atom stereocenters. The molecule has 1 fully saturated rings. The summed E-state index contributed by atoms with van der Waals surface area (Å²) in [7, 11) is 0. The van der Waals surface area contributed by atoms with E-state index in [0.29, 0.717) is 32.0 Å². The van der Waals surface area contributed by atoms with E-state index in [1.54, 1.807) is 17.2 Å². The van der Waals surface area contributed by atoms with Crippen molar-refractivity contribution in [3.63, 3.8) is 0 Å². The Labute approximate surface area is 104 Å². The highest BCUT2D eigenvalue weighted by Crippen LogP contribution is 2.05. The number of hydrogen-bond donors (Lipinski definition) is 1. The highest BCUT2D eigenvalue weighted by atomic mass is 16.5. The van der Waals surface area contributed by atoms with Gasteiger partial charge < -0.3 is 14.7 Å². The van der Waals surface area contributed by atoms with Crippen LogP contribution in [0.1, 0.15) is 16.9 Å². The van der Waals surface area contributed by atoms with Gasteiger partial charge >= 0.3 is 5.97 Å². The number of aromatic nitrogens is 2. The van der Waals surface area contributed by atoms with E-state index in [1.165, 1.54) is 4.68 Å². The van der Waals surface area contributed by atoms with Crippen LogP contribution in [-0.4, -0.2) is 58.0 Å². The van der Waals surface area contributed by atoms with Crippen molar-refractivity contribution in [2.45, 2.75) is 13.0 Å². The average molecular weight is 253 g/mol. The number of carbonyl (C=O) groups excluding carboxylic acids is 1. The highest BCUT2D eigenvalue weighted by Gasteiger charge is 2.20. The van der Waals surface area contributed by atoms with Gasteiger partial charge in [-0.1, -0.05) is 0 Å². The second-order valence-corrected chi connectivity index (χ2v) is 4.01. The average Bonchev–Trinajstić information content (AvgIpc) is 2.85. The summed E-state index contributed by atoms with van der Waals surface area (Å²) in [5.74, 6) is -1.01. The minimum absolute atomic E-state index is 0.00708. The Morgan fingerprint density at radius 1 is 1.39 bits per heavy atom. The minimum Gasteiger partial charge on any atom is -0.481 e. The summed E-state index contributed by atoms with van der Waals surface area (Å²) >= 11 is 0. The fraction of sp³-hybridized carbons (Fsp3) is 0.545. The summed E-state index contributed by atoms with van der Waals surface area (Å²) in [5.41, 5.74) is 0.349. The van der Waals surface area contributed by atoms with Gasteiger partial charge in [0.1, 0.15) is 5.69 Å². The van der Waals surface area contributed by atoms with Crippen LogP contribution in [0.3, 0.4) is 0 Å². The van der Waals surface area contributed by atoms with E-state index in [-0.39, 0.29) is 18.9 Å². The van der Waals surface area contributed by atoms with Crippen molar-refractivity contribution in [1.29, 1.82) is 0 Å². The van der Waals surface area contributed by atoms with Gasteiger partial charge in [0.15, 0.2) is 0 Å². The van der Waals surface area contributed by atoms with Crippen LogP contribution in [0.4, 0.5) is 0 Å². The van der Waals surface area contributed by atoms with E-state index in [9.17, 15) is 9.59 Å². The number of morpholine rings is 1. The Balaban J connectivity index is 1.95. The molecule has 0 radical (unpaired) electrons. The molecule has 1 aromatic heterocycles. The minimum atomic E-state index is -0.883. The van der Waals surface area contributed by atoms with Crippen LogP contribution in [0.5, 0.6) is 0 Å². The number of carboxylic acids is 1. The fourth-order valence-electron chi connectivity index (χ4n) is 1.74. The predicted molar refractivity (Wildman–Crippen MR) is 61.2 cm³/mol. The second kappa shape index (κ2) is 5.63. The standard InChI is InChI=1S/C11H15N3O4/c15-10(16)2-4-14-3-1-9(12-14)11(17)13-5-7-18-8-6-13/h1,3H,2,4-8H2,(H,15,16). The van der Waals surface area contributed by atoms with E-state index < -0.39 is 5.97 Å². The first kappa shape index (κ1) is 12.6. The van der Waals surface area contributed by atoms with E-state index in [1.807, 2.05) is 0 Å². The number of aliphatic carboxylic acids is 1. The zero-order valence-electron chi connectivity index (χ0n) is 9.91. The summed E-state index contributed by atoms with van der Waals surface area (Å²) in [6.45, 7) is 2.50. The predicted octanol–water partition coefficient (Wildman–Crippen LogP) is -0.170. The van der Waals surface area contributed by atoms with Gasteiger partial charge in [-0.3, -0.25) is 14.3 Å². The van der Waals surface area contributed by atoms with Crippen molar-refractivity contribution < 1.29 is 19.4 Å². The zero-order chi connectivity index (χ0) is 13.0. The monoisotopic (exact) mass is 253 g/mol. The smallest absolute Gasteiger partial charge is 0.305 e. The lowest BCUT2D eigenvalue weighted by Crippen LogP contribution is -2.40. The van der Waals surface area contributed by atoms with Crippen molar-refractivity contribution in [1.82, 2.24) is 14.7 Å². The number of carboxylic acid groups (broad SMARTS) is 1. The lowest BCUT2D eigenvalue weighted by molar-refractivity contribution is -0.137. The molecule has 0 spiro atoms. The molecular formula is C11H15N3O4. The molecule has 0 aromatic carbocycles. The van der Waals surface area contributed by atoms with E-state index in [0.717, 1.165) is 0 Å². The van der Waals surface area contributed by atoms with Crippen molar-refractivity contribution >= 4 is 11.9 Å². The van der Waals surface area contributed by atoms with Crippen LogP contribution in [-0.2, 0) is 16.1 Å². The zero-order valence-corrected chi connectivity index (χ0v) is 9.91. The van der Waals surface area contributed by atoms with Crippen LogP contribution >= 0.6 is 0 Å². The van der Waals surface area contributed by atoms with Crippen LogP contribution in [0.25, 0.3) is 0 Å². The third-order valence-electron chi connectivity index (χ3n) is 2.71. The number of aryl methyl sites for hydroxylation is 1. The summed E-state index contributed by atoms with van der Waals surface area (Å²) in [6.07, 6.45) is 1.61. The molecule has 1 saturated heterocycles. The maximum Gasteiger partial charge on any atom is 0.305 e. The topological polar surface area (TPSA) is 84.7 Å². The molecular weight excluding hydrogens is 238 g/mol. The number of carbonyl (C=O) groups is 2. The Bertz CT molecular complexity index is 437. The lowest BCUT2D eigenvalue weighted by atomic mass is 10.3. The molecule has 1 amide bonds. The first-order valence-electron chi connectivity index (χ1n) is 5.79. The van der Waals surface area contributed by atoms with Gasteiger partial charge in [0.25, 0.3) is 5.91 Å². The van der Waals surface area contributed by atoms with E-state index in [2.05, 4.69) is 5.10 Å². The molecule has 1 aliphatic heterocycles. The van der Waals surface area contributed by atoms with Crippen molar-refractivity contribution in [3.05, 3.63) is 18.0 Å². The summed E-state index contributed by atoms with van der Waals surface area (Å²) < 4.78 is 6.65. The maximum atomic E-state index is 12.0. The second-order valence-electron chi connectivity index (χ2n) is 4.01. The van der Waals surface area contributed by atoms with E-state index >= 15 is 0 Å². The molecule has 0 aliphatic carbocycles. The number of rotatable bonds is 4. The van der Waals surface area contributed by atoms with Gasteiger partial charge in [0.2, 0.25) is 0 Å². The summed E-state index contributed by atoms with van der Waals surface area (Å²) in [5, 5.41) is 12.6. The van der Waals surface area contributed by atoms with E-state index in [4.69, 9.17) is 9.84 Å². The number of ether oxygens (including phenoxy) is 1. The first-order valence-corrected chi connectivity index (χ1v) is 5.79. The highest BCUT2D eigenvalue weighted by molar-refractivity contribution is 5.92. The molecule has 1 N–H and O–H groups in total. The molecule has 1 aliphatic rings. The lowest BCUT2D eigenvalue weighted by Gasteiger charge is -2.25. The van der Waals surface area contributed by atoms with Crippen molar-refractivity contribution in [2.75, 3.05) is 26.3 Å². The van der Waals surface area contributed by atoms with Crippen LogP contribution in [0.2, 0.25) is 0 Å².